The summed E-state index contributed by atoms with van der Waals surface area (Å²) in [7, 11) is 0. The summed E-state index contributed by atoms with van der Waals surface area (Å²) in [6, 6.07) is 28.6. The Morgan fingerprint density at radius 2 is 1.32 bits per heavy atom. The highest BCUT2D eigenvalue weighted by atomic mass is 32.2. The third kappa shape index (κ3) is 5.00. The van der Waals surface area contributed by atoms with Crippen LogP contribution in [0.5, 0.6) is 0 Å². The fraction of sp³-hybridized carbons (Fsp3) is 0.0690. The van der Waals surface area contributed by atoms with Gasteiger partial charge in [-0.15, -0.1) is 11.3 Å². The molecule has 0 spiro atoms. The van der Waals surface area contributed by atoms with E-state index in [0.29, 0.717) is 16.3 Å². The molecule has 3 heterocycles. The molecule has 0 aliphatic rings. The lowest BCUT2D eigenvalue weighted by Crippen LogP contribution is -2.04. The maximum atomic E-state index is 12.8. The van der Waals surface area contributed by atoms with E-state index >= 15 is 0 Å². The zero-order chi connectivity index (χ0) is 25.2. The van der Waals surface area contributed by atoms with Crippen molar-refractivity contribution in [2.45, 2.75) is 10.2 Å². The number of rotatable bonds is 8. The van der Waals surface area contributed by atoms with Crippen molar-refractivity contribution >= 4 is 77.8 Å². The van der Waals surface area contributed by atoms with Crippen LogP contribution < -0.4 is 0 Å². The van der Waals surface area contributed by atoms with Crippen molar-refractivity contribution in [2.24, 2.45) is 0 Å². The Morgan fingerprint density at radius 3 is 2.03 bits per heavy atom. The quantitative estimate of drug-likeness (QED) is 0.0870. The fourth-order valence-corrected chi connectivity index (χ4v) is 6.87. The molecule has 0 bridgehead atoms. The van der Waals surface area contributed by atoms with Gasteiger partial charge in [-0.3, -0.25) is 9.59 Å². The van der Waals surface area contributed by atoms with Crippen molar-refractivity contribution in [3.63, 3.8) is 0 Å². The number of aromatic nitrogens is 3. The van der Waals surface area contributed by atoms with Crippen LogP contribution in [-0.2, 0) is 0 Å². The number of benzene rings is 3. The lowest BCUT2D eigenvalue weighted by molar-refractivity contribution is 0.101. The van der Waals surface area contributed by atoms with Crippen LogP contribution in [-0.4, -0.2) is 38.0 Å². The summed E-state index contributed by atoms with van der Waals surface area (Å²) in [6.45, 7) is 0. The van der Waals surface area contributed by atoms with E-state index in [4.69, 9.17) is 15.0 Å². The normalized spacial score (nSPS) is 11.4. The van der Waals surface area contributed by atoms with E-state index in [1.54, 1.807) is 0 Å². The molecular formula is C29H19N3O2S3. The molecule has 3 aromatic carbocycles. The molecule has 0 aliphatic carbocycles. The van der Waals surface area contributed by atoms with Crippen molar-refractivity contribution in [2.75, 3.05) is 11.5 Å². The van der Waals surface area contributed by atoms with E-state index in [9.17, 15) is 9.59 Å². The van der Waals surface area contributed by atoms with Gasteiger partial charge in [0, 0.05) is 21.9 Å². The van der Waals surface area contributed by atoms with Crippen LogP contribution in [0, 0.1) is 0 Å². The van der Waals surface area contributed by atoms with Crippen LogP contribution in [0.15, 0.2) is 101 Å². The molecule has 6 rings (SSSR count). The molecule has 37 heavy (non-hydrogen) atoms. The molecule has 0 fully saturated rings. The number of carbonyl (C=O) groups is 2. The molecule has 3 aromatic heterocycles. The van der Waals surface area contributed by atoms with Crippen molar-refractivity contribution < 1.29 is 9.59 Å². The summed E-state index contributed by atoms with van der Waals surface area (Å²) in [5, 5.41) is 3.24. The minimum Gasteiger partial charge on any atom is -0.293 e. The van der Waals surface area contributed by atoms with Gasteiger partial charge in [0.15, 0.2) is 16.7 Å². The molecule has 0 amide bonds. The van der Waals surface area contributed by atoms with Crippen LogP contribution in [0.4, 0.5) is 0 Å². The van der Waals surface area contributed by atoms with Crippen LogP contribution in [0.1, 0.15) is 20.7 Å². The molecule has 0 saturated carbocycles. The fourth-order valence-electron chi connectivity index (χ4n) is 3.97. The molecule has 0 saturated heterocycles. The zero-order valence-electron chi connectivity index (χ0n) is 19.5. The van der Waals surface area contributed by atoms with Gasteiger partial charge in [-0.1, -0.05) is 102 Å². The number of thioether (sulfide) groups is 2. The highest BCUT2D eigenvalue weighted by Gasteiger charge is 2.18. The second-order valence-electron chi connectivity index (χ2n) is 8.28. The third-order valence-electron chi connectivity index (χ3n) is 5.82. The molecule has 0 atom stereocenters. The Morgan fingerprint density at radius 1 is 0.703 bits per heavy atom. The molecule has 180 valence electrons. The first-order valence-electron chi connectivity index (χ1n) is 11.6. The van der Waals surface area contributed by atoms with Gasteiger partial charge >= 0.3 is 0 Å². The van der Waals surface area contributed by atoms with Crippen LogP contribution in [0.3, 0.4) is 0 Å². The first kappa shape index (κ1) is 23.8. The lowest BCUT2D eigenvalue weighted by Gasteiger charge is -2.06. The molecule has 0 radical (unpaired) electrons. The number of pyridine rings is 1. The minimum atomic E-state index is 0.0191. The van der Waals surface area contributed by atoms with Crippen LogP contribution >= 0.6 is 34.9 Å². The lowest BCUT2D eigenvalue weighted by atomic mass is 10.2. The van der Waals surface area contributed by atoms with Gasteiger partial charge in [0.2, 0.25) is 0 Å². The van der Waals surface area contributed by atoms with Crippen molar-refractivity contribution in [3.8, 4) is 0 Å². The zero-order valence-corrected chi connectivity index (χ0v) is 21.9. The van der Waals surface area contributed by atoms with E-state index in [0.717, 1.165) is 36.4 Å². The maximum absolute atomic E-state index is 12.8. The smallest absolute Gasteiger partial charge is 0.189 e. The first-order chi connectivity index (χ1) is 18.2. The Bertz CT molecular complexity index is 1770. The number of hydrogen-bond acceptors (Lipinski definition) is 8. The van der Waals surface area contributed by atoms with Crippen molar-refractivity contribution in [3.05, 3.63) is 102 Å². The first-order valence-corrected chi connectivity index (χ1v) is 14.4. The summed E-state index contributed by atoms with van der Waals surface area (Å²) < 4.78 is 0.905. The molecular weight excluding hydrogens is 519 g/mol. The molecule has 6 aromatic rings. The molecule has 8 heteroatoms. The molecule has 0 N–H and O–H groups in total. The standard InChI is InChI=1S/C29H19N3O2S3/c33-23(18-9-3-1-4-10-18)16-35-28-26-25(21-15-20-13-7-8-14-22(20)30-27(21)37-26)31-29(32-28)36-17-24(34)19-11-5-2-6-12-19/h1-15H,16-17H2. The molecule has 0 aliphatic heterocycles. The van der Waals surface area contributed by atoms with Crippen LogP contribution in [0.2, 0.25) is 0 Å². The number of thiophene rings is 1. The van der Waals surface area contributed by atoms with E-state index in [1.807, 2.05) is 84.9 Å². The Kier molecular flexibility index (Phi) is 6.70. The van der Waals surface area contributed by atoms with Gasteiger partial charge in [0.05, 0.1) is 27.2 Å². The number of Topliss-reactive ketones (excluding diaryl/α,β-unsaturated/α-hetero) is 2. The predicted octanol–water partition coefficient (Wildman–Crippen LogP) is 7.34. The molecule has 5 nitrogen and oxygen atoms in total. The highest BCUT2D eigenvalue weighted by Crippen LogP contribution is 2.39. The Labute approximate surface area is 225 Å². The number of nitrogens with zero attached hydrogens (tertiary/aromatic N) is 3. The van der Waals surface area contributed by atoms with E-state index in [-0.39, 0.29) is 23.1 Å². The van der Waals surface area contributed by atoms with Gasteiger partial charge in [0.1, 0.15) is 9.86 Å². The number of carbonyl (C=O) groups excluding carboxylic acids is 2. The van der Waals surface area contributed by atoms with Crippen molar-refractivity contribution in [1.82, 2.24) is 15.0 Å². The predicted molar refractivity (Wildman–Crippen MR) is 153 cm³/mol. The van der Waals surface area contributed by atoms with E-state index in [2.05, 4.69) is 6.07 Å². The second-order valence-corrected chi connectivity index (χ2v) is 11.2. The number of para-hydroxylation sites is 1. The summed E-state index contributed by atoms with van der Waals surface area (Å²) >= 11 is 4.25. The summed E-state index contributed by atoms with van der Waals surface area (Å²) in [5.74, 6) is 0.542. The number of hydrogen-bond donors (Lipinski definition) is 0. The monoisotopic (exact) mass is 537 g/mol. The topological polar surface area (TPSA) is 72.8 Å². The SMILES string of the molecule is O=C(CSc1nc(SCC(=O)c2ccccc2)c2sc3nc4ccccc4cc3c2n1)c1ccccc1. The average Bonchev–Trinajstić information content (AvgIpc) is 3.31. The average molecular weight is 538 g/mol. The Hall–Kier alpha value is -3.59. The summed E-state index contributed by atoms with van der Waals surface area (Å²) in [5.41, 5.74) is 3.06. The van der Waals surface area contributed by atoms with E-state index in [1.165, 1.54) is 34.9 Å². The van der Waals surface area contributed by atoms with Crippen LogP contribution in [0.25, 0.3) is 31.3 Å². The second kappa shape index (κ2) is 10.4. The van der Waals surface area contributed by atoms with Gasteiger partial charge in [0.25, 0.3) is 0 Å². The number of ketones is 2. The van der Waals surface area contributed by atoms with Gasteiger partial charge in [-0.2, -0.15) is 0 Å². The minimum absolute atomic E-state index is 0.0191. The van der Waals surface area contributed by atoms with Gasteiger partial charge in [-0.05, 0) is 12.1 Å². The number of fused-ring (bicyclic) bond motifs is 4. The third-order valence-corrected chi connectivity index (χ3v) is 8.87. The Balaban J connectivity index is 1.38. The van der Waals surface area contributed by atoms with Gasteiger partial charge in [-0.25, -0.2) is 15.0 Å². The summed E-state index contributed by atoms with van der Waals surface area (Å²) in [4.78, 5) is 40.9. The van der Waals surface area contributed by atoms with E-state index < -0.39 is 0 Å². The largest absolute Gasteiger partial charge is 0.293 e. The van der Waals surface area contributed by atoms with Crippen molar-refractivity contribution in [1.29, 1.82) is 0 Å². The van der Waals surface area contributed by atoms with Gasteiger partial charge < -0.3 is 0 Å². The summed E-state index contributed by atoms with van der Waals surface area (Å²) in [6.07, 6.45) is 0. The highest BCUT2D eigenvalue weighted by molar-refractivity contribution is 8.00. The molecule has 0 unspecified atom stereocenters. The maximum Gasteiger partial charge on any atom is 0.189 e.